The maximum atomic E-state index is 10.8. The van der Waals surface area contributed by atoms with E-state index in [0.717, 1.165) is 11.1 Å². The normalized spacial score (nSPS) is 11.8. The number of methoxy groups -OCH3 is 1. The Morgan fingerprint density at radius 2 is 1.87 bits per heavy atom. The highest BCUT2D eigenvalue weighted by Crippen LogP contribution is 2.31. The second-order valence-electron chi connectivity index (χ2n) is 5.12. The summed E-state index contributed by atoms with van der Waals surface area (Å²) in [6.45, 7) is 2.22. The molecule has 0 aromatic heterocycles. The van der Waals surface area contributed by atoms with E-state index in [0.29, 0.717) is 24.5 Å². The SMILES string of the molecule is CCC(O)c1ccc(OCc2ccc(C(=O)O)cc2)cc1OC. The van der Waals surface area contributed by atoms with Crippen LogP contribution < -0.4 is 9.47 Å². The van der Waals surface area contributed by atoms with Crippen LogP contribution >= 0.6 is 0 Å². The summed E-state index contributed by atoms with van der Waals surface area (Å²) in [7, 11) is 1.55. The van der Waals surface area contributed by atoms with E-state index in [4.69, 9.17) is 14.6 Å². The quantitative estimate of drug-likeness (QED) is 0.818. The van der Waals surface area contributed by atoms with Gasteiger partial charge in [0.2, 0.25) is 0 Å². The number of carboxylic acid groups (broad SMARTS) is 1. The molecule has 1 unspecified atom stereocenters. The van der Waals surface area contributed by atoms with Gasteiger partial charge >= 0.3 is 5.97 Å². The van der Waals surface area contributed by atoms with Gasteiger partial charge in [-0.3, -0.25) is 0 Å². The molecule has 0 spiro atoms. The lowest BCUT2D eigenvalue weighted by Crippen LogP contribution is -2.01. The van der Waals surface area contributed by atoms with Crippen LogP contribution in [0.1, 0.15) is 40.9 Å². The predicted octanol–water partition coefficient (Wildman–Crippen LogP) is 3.42. The van der Waals surface area contributed by atoms with Crippen molar-refractivity contribution in [1.82, 2.24) is 0 Å². The molecule has 122 valence electrons. The molecular formula is C18H20O5. The fraction of sp³-hybridized carbons (Fsp3) is 0.278. The molecule has 2 aromatic carbocycles. The van der Waals surface area contributed by atoms with E-state index in [2.05, 4.69) is 0 Å². The number of aromatic carboxylic acids is 1. The lowest BCUT2D eigenvalue weighted by molar-refractivity contribution is 0.0697. The second kappa shape index (κ2) is 7.65. The molecule has 2 aromatic rings. The van der Waals surface area contributed by atoms with E-state index in [9.17, 15) is 9.90 Å². The molecule has 0 bridgehead atoms. The van der Waals surface area contributed by atoms with Crippen LogP contribution in [0.5, 0.6) is 11.5 Å². The Labute approximate surface area is 135 Å². The van der Waals surface area contributed by atoms with Gasteiger partial charge in [-0.1, -0.05) is 19.1 Å². The molecular weight excluding hydrogens is 296 g/mol. The molecule has 0 aliphatic rings. The largest absolute Gasteiger partial charge is 0.496 e. The molecule has 0 aliphatic heterocycles. The van der Waals surface area contributed by atoms with Crippen molar-refractivity contribution in [2.45, 2.75) is 26.1 Å². The zero-order valence-corrected chi connectivity index (χ0v) is 13.2. The highest BCUT2D eigenvalue weighted by atomic mass is 16.5. The van der Waals surface area contributed by atoms with Crippen LogP contribution in [0.4, 0.5) is 0 Å². The molecule has 0 amide bonds. The first-order valence-corrected chi connectivity index (χ1v) is 7.36. The molecule has 0 saturated heterocycles. The molecule has 23 heavy (non-hydrogen) atoms. The maximum absolute atomic E-state index is 10.8. The number of ether oxygens (including phenoxy) is 2. The Hall–Kier alpha value is -2.53. The van der Waals surface area contributed by atoms with Gasteiger partial charge in [0, 0.05) is 11.6 Å². The highest BCUT2D eigenvalue weighted by molar-refractivity contribution is 5.87. The Kier molecular flexibility index (Phi) is 5.60. The summed E-state index contributed by atoms with van der Waals surface area (Å²) >= 11 is 0. The Bertz CT molecular complexity index is 664. The maximum Gasteiger partial charge on any atom is 0.335 e. The number of aliphatic hydroxyl groups is 1. The van der Waals surface area contributed by atoms with Crippen molar-refractivity contribution in [1.29, 1.82) is 0 Å². The Morgan fingerprint density at radius 3 is 2.43 bits per heavy atom. The van der Waals surface area contributed by atoms with Gasteiger partial charge < -0.3 is 19.7 Å². The summed E-state index contributed by atoms with van der Waals surface area (Å²) in [6.07, 6.45) is 0.0366. The zero-order chi connectivity index (χ0) is 16.8. The van der Waals surface area contributed by atoms with E-state index >= 15 is 0 Å². The fourth-order valence-electron chi connectivity index (χ4n) is 2.19. The van der Waals surface area contributed by atoms with Gasteiger partial charge in [0.05, 0.1) is 18.8 Å². The van der Waals surface area contributed by atoms with Crippen molar-refractivity contribution in [3.05, 3.63) is 59.2 Å². The number of aliphatic hydroxyl groups excluding tert-OH is 1. The Balaban J connectivity index is 2.07. The number of benzene rings is 2. The standard InChI is InChI=1S/C18H20O5/c1-3-16(19)15-9-8-14(10-17(15)22-2)23-11-12-4-6-13(7-5-12)18(20)21/h4-10,16,19H,3,11H2,1-2H3,(H,20,21). The first-order valence-electron chi connectivity index (χ1n) is 7.36. The molecule has 1 atom stereocenters. The van der Waals surface area contributed by atoms with Crippen molar-refractivity contribution in [2.75, 3.05) is 7.11 Å². The lowest BCUT2D eigenvalue weighted by atomic mass is 10.1. The van der Waals surface area contributed by atoms with E-state index in [1.54, 1.807) is 49.6 Å². The molecule has 2 rings (SSSR count). The summed E-state index contributed by atoms with van der Waals surface area (Å²) < 4.78 is 11.0. The van der Waals surface area contributed by atoms with Gasteiger partial charge in [-0.15, -0.1) is 0 Å². The number of rotatable bonds is 7. The van der Waals surface area contributed by atoms with E-state index in [-0.39, 0.29) is 5.56 Å². The minimum atomic E-state index is -0.952. The summed E-state index contributed by atoms with van der Waals surface area (Å²) in [5, 5.41) is 18.8. The van der Waals surface area contributed by atoms with E-state index in [1.807, 2.05) is 6.92 Å². The van der Waals surface area contributed by atoms with Crippen LogP contribution in [0.2, 0.25) is 0 Å². The highest BCUT2D eigenvalue weighted by Gasteiger charge is 2.12. The Morgan fingerprint density at radius 1 is 1.17 bits per heavy atom. The number of carbonyl (C=O) groups is 1. The minimum absolute atomic E-state index is 0.244. The lowest BCUT2D eigenvalue weighted by Gasteiger charge is -2.15. The van der Waals surface area contributed by atoms with Crippen LogP contribution in [0.25, 0.3) is 0 Å². The number of hydrogen-bond acceptors (Lipinski definition) is 4. The van der Waals surface area contributed by atoms with Crippen LogP contribution in [0.15, 0.2) is 42.5 Å². The first-order chi connectivity index (χ1) is 11.0. The molecule has 0 fully saturated rings. The van der Waals surface area contributed by atoms with Gasteiger partial charge in [0.15, 0.2) is 0 Å². The molecule has 0 radical (unpaired) electrons. The van der Waals surface area contributed by atoms with Crippen LogP contribution in [0, 0.1) is 0 Å². The number of hydrogen-bond donors (Lipinski definition) is 2. The van der Waals surface area contributed by atoms with Crippen LogP contribution in [0.3, 0.4) is 0 Å². The summed E-state index contributed by atoms with van der Waals surface area (Å²) in [4.78, 5) is 10.8. The molecule has 0 aliphatic carbocycles. The van der Waals surface area contributed by atoms with Crippen molar-refractivity contribution < 1.29 is 24.5 Å². The summed E-state index contributed by atoms with van der Waals surface area (Å²) in [5.74, 6) is 0.251. The predicted molar refractivity (Wildman–Crippen MR) is 86.0 cm³/mol. The average Bonchev–Trinajstić information content (AvgIpc) is 2.59. The van der Waals surface area contributed by atoms with Crippen molar-refractivity contribution in [3.8, 4) is 11.5 Å². The van der Waals surface area contributed by atoms with Crippen molar-refractivity contribution in [3.63, 3.8) is 0 Å². The third-order valence-corrected chi connectivity index (χ3v) is 3.56. The van der Waals surface area contributed by atoms with Gasteiger partial charge in [-0.05, 0) is 36.2 Å². The third kappa shape index (κ3) is 4.23. The van der Waals surface area contributed by atoms with Crippen LogP contribution in [-0.4, -0.2) is 23.3 Å². The smallest absolute Gasteiger partial charge is 0.335 e. The minimum Gasteiger partial charge on any atom is -0.496 e. The molecule has 0 heterocycles. The summed E-state index contributed by atoms with van der Waals surface area (Å²) in [6, 6.07) is 11.8. The van der Waals surface area contributed by atoms with Crippen molar-refractivity contribution in [2.24, 2.45) is 0 Å². The third-order valence-electron chi connectivity index (χ3n) is 3.56. The fourth-order valence-corrected chi connectivity index (χ4v) is 2.19. The topological polar surface area (TPSA) is 76.0 Å². The molecule has 2 N–H and O–H groups in total. The summed E-state index contributed by atoms with van der Waals surface area (Å²) in [5.41, 5.74) is 1.84. The number of carboxylic acids is 1. The van der Waals surface area contributed by atoms with Crippen molar-refractivity contribution >= 4 is 5.97 Å². The van der Waals surface area contributed by atoms with Gasteiger partial charge in [-0.25, -0.2) is 4.79 Å². The van der Waals surface area contributed by atoms with E-state index < -0.39 is 12.1 Å². The first kappa shape index (κ1) is 16.8. The monoisotopic (exact) mass is 316 g/mol. The average molecular weight is 316 g/mol. The van der Waals surface area contributed by atoms with Gasteiger partial charge in [0.25, 0.3) is 0 Å². The van der Waals surface area contributed by atoms with Crippen LogP contribution in [-0.2, 0) is 6.61 Å². The van der Waals surface area contributed by atoms with E-state index in [1.165, 1.54) is 0 Å². The molecule has 0 saturated carbocycles. The zero-order valence-electron chi connectivity index (χ0n) is 13.2. The molecule has 5 heteroatoms. The second-order valence-corrected chi connectivity index (χ2v) is 5.12. The van der Waals surface area contributed by atoms with Gasteiger partial charge in [0.1, 0.15) is 18.1 Å². The molecule has 5 nitrogen and oxygen atoms in total. The van der Waals surface area contributed by atoms with Gasteiger partial charge in [-0.2, -0.15) is 0 Å².